The summed E-state index contributed by atoms with van der Waals surface area (Å²) in [5, 5.41) is 5.22. The van der Waals surface area contributed by atoms with Gasteiger partial charge in [-0.15, -0.1) is 0 Å². The third-order valence-corrected chi connectivity index (χ3v) is 3.75. The van der Waals surface area contributed by atoms with Crippen LogP contribution in [0.3, 0.4) is 0 Å². The van der Waals surface area contributed by atoms with Crippen molar-refractivity contribution in [1.29, 1.82) is 0 Å². The highest BCUT2D eigenvalue weighted by molar-refractivity contribution is 6.39. The first-order valence-electron chi connectivity index (χ1n) is 7.98. The van der Waals surface area contributed by atoms with Gasteiger partial charge < -0.3 is 15.4 Å². The lowest BCUT2D eigenvalue weighted by Gasteiger charge is -2.11. The lowest BCUT2D eigenvalue weighted by atomic mass is 10.1. The highest BCUT2D eigenvalue weighted by Crippen LogP contribution is 2.12. The van der Waals surface area contributed by atoms with E-state index in [9.17, 15) is 9.59 Å². The van der Waals surface area contributed by atoms with Crippen LogP contribution >= 0.6 is 0 Å². The maximum atomic E-state index is 11.8. The van der Waals surface area contributed by atoms with Crippen molar-refractivity contribution in [3.05, 3.63) is 29.8 Å². The molecule has 1 aliphatic rings. The van der Waals surface area contributed by atoms with Crippen LogP contribution in [0.2, 0.25) is 0 Å². The van der Waals surface area contributed by atoms with Crippen molar-refractivity contribution >= 4 is 17.5 Å². The molecule has 1 aromatic carbocycles. The summed E-state index contributed by atoms with van der Waals surface area (Å²) in [6, 6.07) is 7.62. The second-order valence-electron chi connectivity index (χ2n) is 5.60. The van der Waals surface area contributed by atoms with Gasteiger partial charge in [-0.1, -0.05) is 25.5 Å². The van der Waals surface area contributed by atoms with E-state index in [1.165, 1.54) is 5.56 Å². The molecule has 5 nitrogen and oxygen atoms in total. The van der Waals surface area contributed by atoms with E-state index in [2.05, 4.69) is 17.6 Å². The zero-order chi connectivity index (χ0) is 15.8. The molecule has 1 aromatic rings. The number of carbonyl (C=O) groups is 2. The molecule has 0 radical (unpaired) electrons. The number of anilines is 1. The summed E-state index contributed by atoms with van der Waals surface area (Å²) in [6.07, 6.45) is 5.32. The van der Waals surface area contributed by atoms with Gasteiger partial charge in [-0.05, 0) is 43.4 Å². The first-order chi connectivity index (χ1) is 10.7. The molecular formula is C17H24N2O3. The highest BCUT2D eigenvalue weighted by atomic mass is 16.5. The van der Waals surface area contributed by atoms with Crippen molar-refractivity contribution in [1.82, 2.24) is 5.32 Å². The van der Waals surface area contributed by atoms with Gasteiger partial charge in [-0.2, -0.15) is 0 Å². The predicted molar refractivity (Wildman–Crippen MR) is 85.7 cm³/mol. The molecule has 2 amide bonds. The van der Waals surface area contributed by atoms with Gasteiger partial charge in [-0.25, -0.2) is 0 Å². The summed E-state index contributed by atoms with van der Waals surface area (Å²) in [5.74, 6) is -1.26. The van der Waals surface area contributed by atoms with Gasteiger partial charge in [-0.3, -0.25) is 9.59 Å². The van der Waals surface area contributed by atoms with Crippen LogP contribution in [0.1, 0.15) is 38.2 Å². The normalized spacial score (nSPS) is 17.2. The molecule has 22 heavy (non-hydrogen) atoms. The molecule has 120 valence electrons. The molecule has 0 aromatic heterocycles. The van der Waals surface area contributed by atoms with Gasteiger partial charge in [0.15, 0.2) is 0 Å². The Labute approximate surface area is 131 Å². The van der Waals surface area contributed by atoms with Gasteiger partial charge >= 0.3 is 11.8 Å². The smallest absolute Gasteiger partial charge is 0.313 e. The fourth-order valence-corrected chi connectivity index (χ4v) is 2.42. The number of benzene rings is 1. The van der Waals surface area contributed by atoms with Crippen LogP contribution < -0.4 is 10.6 Å². The Hall–Kier alpha value is -1.88. The van der Waals surface area contributed by atoms with Crippen molar-refractivity contribution < 1.29 is 14.3 Å². The first-order valence-corrected chi connectivity index (χ1v) is 7.98. The van der Waals surface area contributed by atoms with Crippen LogP contribution in [0.15, 0.2) is 24.3 Å². The molecule has 1 heterocycles. The van der Waals surface area contributed by atoms with Gasteiger partial charge in [0.1, 0.15) is 0 Å². The summed E-state index contributed by atoms with van der Waals surface area (Å²) in [7, 11) is 0. The van der Waals surface area contributed by atoms with Gasteiger partial charge in [0.05, 0.1) is 6.10 Å². The molecule has 1 aliphatic heterocycles. The Bertz CT molecular complexity index is 493. The standard InChI is InChI=1S/C17H24N2O3/c1-2-3-5-13-7-9-14(10-8-13)19-17(21)16(20)18-12-15-6-4-11-22-15/h7-10,15H,2-6,11-12H2,1H3,(H,18,20)(H,19,21)/t15-/m0/s1. The van der Waals surface area contributed by atoms with Crippen LogP contribution in [-0.2, 0) is 20.7 Å². The SMILES string of the molecule is CCCCc1ccc(NC(=O)C(=O)NC[C@@H]2CCCO2)cc1. The molecule has 0 saturated carbocycles. The summed E-state index contributed by atoms with van der Waals surface area (Å²) >= 11 is 0. The molecule has 0 unspecified atom stereocenters. The highest BCUT2D eigenvalue weighted by Gasteiger charge is 2.19. The fourth-order valence-electron chi connectivity index (χ4n) is 2.42. The van der Waals surface area contributed by atoms with Crippen molar-refractivity contribution in [2.24, 2.45) is 0 Å². The molecule has 5 heteroatoms. The average molecular weight is 304 g/mol. The Morgan fingerprint density at radius 2 is 2.00 bits per heavy atom. The number of hydrogen-bond acceptors (Lipinski definition) is 3. The Morgan fingerprint density at radius 3 is 2.64 bits per heavy atom. The van der Waals surface area contributed by atoms with E-state index in [4.69, 9.17) is 4.74 Å². The lowest BCUT2D eigenvalue weighted by Crippen LogP contribution is -2.39. The topological polar surface area (TPSA) is 67.4 Å². The first kappa shape index (κ1) is 16.5. The Kier molecular flexibility index (Phi) is 6.40. The molecule has 1 saturated heterocycles. The van der Waals surface area contributed by atoms with E-state index in [0.29, 0.717) is 12.2 Å². The number of rotatable bonds is 6. The van der Waals surface area contributed by atoms with Gasteiger partial charge in [0, 0.05) is 18.8 Å². The average Bonchev–Trinajstić information content (AvgIpc) is 3.05. The molecule has 2 N–H and O–H groups in total. The maximum Gasteiger partial charge on any atom is 0.313 e. The van der Waals surface area contributed by atoms with Gasteiger partial charge in [0.2, 0.25) is 0 Å². The van der Waals surface area contributed by atoms with Crippen molar-refractivity contribution in [2.45, 2.75) is 45.1 Å². The summed E-state index contributed by atoms with van der Waals surface area (Å²) in [4.78, 5) is 23.5. The summed E-state index contributed by atoms with van der Waals surface area (Å²) in [5.41, 5.74) is 1.88. The predicted octanol–water partition coefficient (Wildman–Crippen LogP) is 2.26. The molecule has 2 rings (SSSR count). The number of unbranched alkanes of at least 4 members (excludes halogenated alkanes) is 1. The molecule has 1 fully saturated rings. The van der Waals surface area contributed by atoms with E-state index in [-0.39, 0.29) is 6.10 Å². The third-order valence-electron chi connectivity index (χ3n) is 3.75. The number of aryl methyl sites for hydroxylation is 1. The minimum atomic E-state index is -0.640. The van der Waals surface area contributed by atoms with Crippen LogP contribution in [0, 0.1) is 0 Å². The van der Waals surface area contributed by atoms with E-state index in [0.717, 1.165) is 38.7 Å². The number of hydrogen-bond donors (Lipinski definition) is 2. The van der Waals surface area contributed by atoms with Crippen molar-refractivity contribution in [2.75, 3.05) is 18.5 Å². The van der Waals surface area contributed by atoms with Crippen molar-refractivity contribution in [3.8, 4) is 0 Å². The summed E-state index contributed by atoms with van der Waals surface area (Å²) < 4.78 is 5.40. The maximum absolute atomic E-state index is 11.8. The van der Waals surface area contributed by atoms with E-state index in [1.54, 1.807) is 0 Å². The zero-order valence-electron chi connectivity index (χ0n) is 13.1. The van der Waals surface area contributed by atoms with Crippen LogP contribution in [0.4, 0.5) is 5.69 Å². The summed E-state index contributed by atoms with van der Waals surface area (Å²) in [6.45, 7) is 3.28. The quantitative estimate of drug-likeness (QED) is 0.792. The van der Waals surface area contributed by atoms with Crippen LogP contribution in [0.25, 0.3) is 0 Å². The Balaban J connectivity index is 1.76. The minimum absolute atomic E-state index is 0.0367. The zero-order valence-corrected chi connectivity index (χ0v) is 13.1. The van der Waals surface area contributed by atoms with Crippen LogP contribution in [0.5, 0.6) is 0 Å². The van der Waals surface area contributed by atoms with Crippen LogP contribution in [-0.4, -0.2) is 31.1 Å². The number of nitrogens with one attached hydrogen (secondary N) is 2. The number of carbonyl (C=O) groups excluding carboxylic acids is 2. The Morgan fingerprint density at radius 1 is 1.23 bits per heavy atom. The molecule has 0 aliphatic carbocycles. The van der Waals surface area contributed by atoms with E-state index < -0.39 is 11.8 Å². The molecule has 0 bridgehead atoms. The minimum Gasteiger partial charge on any atom is -0.376 e. The molecular weight excluding hydrogens is 280 g/mol. The lowest BCUT2D eigenvalue weighted by molar-refractivity contribution is -0.136. The number of amides is 2. The third kappa shape index (κ3) is 5.15. The van der Waals surface area contributed by atoms with E-state index in [1.807, 2.05) is 24.3 Å². The largest absolute Gasteiger partial charge is 0.376 e. The second-order valence-corrected chi connectivity index (χ2v) is 5.60. The van der Waals surface area contributed by atoms with E-state index >= 15 is 0 Å². The second kappa shape index (κ2) is 8.54. The molecule has 0 spiro atoms. The van der Waals surface area contributed by atoms with Gasteiger partial charge in [0.25, 0.3) is 0 Å². The number of ether oxygens (including phenoxy) is 1. The monoisotopic (exact) mass is 304 g/mol. The van der Waals surface area contributed by atoms with Crippen molar-refractivity contribution in [3.63, 3.8) is 0 Å². The molecule has 1 atom stereocenters. The fraction of sp³-hybridized carbons (Fsp3) is 0.529.